The predicted molar refractivity (Wildman–Crippen MR) is 87.3 cm³/mol. The molecule has 0 radical (unpaired) electrons. The Morgan fingerprint density at radius 2 is 1.57 bits per heavy atom. The van der Waals surface area contributed by atoms with E-state index in [0.717, 1.165) is 27.5 Å². The molecule has 0 spiro atoms. The highest BCUT2D eigenvalue weighted by Crippen LogP contribution is 2.28. The van der Waals surface area contributed by atoms with Gasteiger partial charge in [0.15, 0.2) is 0 Å². The van der Waals surface area contributed by atoms with Gasteiger partial charge in [-0.15, -0.1) is 0 Å². The highest BCUT2D eigenvalue weighted by Gasteiger charge is 2.03. The first kappa shape index (κ1) is 13.3. The number of hydrogen-bond acceptors (Lipinski definition) is 2. The fourth-order valence-corrected chi connectivity index (χ4v) is 2.51. The molecule has 0 atom stereocenters. The summed E-state index contributed by atoms with van der Waals surface area (Å²) in [4.78, 5) is 0. The van der Waals surface area contributed by atoms with Gasteiger partial charge in [0.1, 0.15) is 11.5 Å². The lowest BCUT2D eigenvalue weighted by Gasteiger charge is -2.08. The zero-order chi connectivity index (χ0) is 14.8. The van der Waals surface area contributed by atoms with E-state index >= 15 is 0 Å². The molecular formula is C19H16O2. The van der Waals surface area contributed by atoms with Crippen molar-refractivity contribution < 1.29 is 10.2 Å². The van der Waals surface area contributed by atoms with Crippen molar-refractivity contribution in [3.63, 3.8) is 0 Å². The van der Waals surface area contributed by atoms with E-state index in [4.69, 9.17) is 0 Å². The van der Waals surface area contributed by atoms with E-state index in [0.29, 0.717) is 0 Å². The van der Waals surface area contributed by atoms with E-state index in [9.17, 15) is 10.2 Å². The normalized spacial score (nSPS) is 11.8. The SMILES string of the molecule is CC(=Cc1ccc(O)cc1)c1cccc2cc(O)ccc12. The lowest BCUT2D eigenvalue weighted by molar-refractivity contribution is 0.475. The van der Waals surface area contributed by atoms with Crippen LogP contribution in [0.15, 0.2) is 60.7 Å². The highest BCUT2D eigenvalue weighted by atomic mass is 16.3. The summed E-state index contributed by atoms with van der Waals surface area (Å²) in [5.41, 5.74) is 3.32. The Hall–Kier alpha value is -2.74. The van der Waals surface area contributed by atoms with Gasteiger partial charge in [-0.05, 0) is 58.7 Å². The standard InChI is InChI=1S/C19H16O2/c1-13(11-14-5-7-16(20)8-6-14)18-4-2-3-15-12-17(21)9-10-19(15)18/h2-12,20-21H,1H3. The van der Waals surface area contributed by atoms with E-state index in [1.807, 2.05) is 30.3 Å². The quantitative estimate of drug-likeness (QED) is 0.659. The van der Waals surface area contributed by atoms with Gasteiger partial charge in [-0.3, -0.25) is 0 Å². The first-order valence-corrected chi connectivity index (χ1v) is 6.83. The van der Waals surface area contributed by atoms with Crippen molar-refractivity contribution >= 4 is 22.4 Å². The van der Waals surface area contributed by atoms with Crippen LogP contribution in [0, 0.1) is 0 Å². The van der Waals surface area contributed by atoms with Crippen molar-refractivity contribution in [3.8, 4) is 11.5 Å². The molecule has 0 saturated carbocycles. The largest absolute Gasteiger partial charge is 0.508 e. The van der Waals surface area contributed by atoms with Gasteiger partial charge in [-0.25, -0.2) is 0 Å². The molecule has 3 rings (SSSR count). The molecule has 0 fully saturated rings. The van der Waals surface area contributed by atoms with E-state index < -0.39 is 0 Å². The topological polar surface area (TPSA) is 40.5 Å². The molecule has 21 heavy (non-hydrogen) atoms. The Morgan fingerprint density at radius 1 is 0.857 bits per heavy atom. The van der Waals surface area contributed by atoms with Crippen molar-refractivity contribution in [3.05, 3.63) is 71.8 Å². The third-order valence-corrected chi connectivity index (χ3v) is 3.57. The molecule has 0 heterocycles. The molecule has 0 aliphatic rings. The molecule has 104 valence electrons. The second kappa shape index (κ2) is 5.33. The minimum atomic E-state index is 0.269. The molecule has 2 heteroatoms. The molecule has 3 aromatic rings. The smallest absolute Gasteiger partial charge is 0.116 e. The number of benzene rings is 3. The van der Waals surface area contributed by atoms with Gasteiger partial charge in [0.05, 0.1) is 0 Å². The van der Waals surface area contributed by atoms with Gasteiger partial charge in [0.25, 0.3) is 0 Å². The average Bonchev–Trinajstić information content (AvgIpc) is 2.48. The van der Waals surface area contributed by atoms with Crippen LogP contribution in [-0.2, 0) is 0 Å². The summed E-state index contributed by atoms with van der Waals surface area (Å²) in [7, 11) is 0. The third-order valence-electron chi connectivity index (χ3n) is 3.57. The first-order valence-electron chi connectivity index (χ1n) is 6.83. The molecule has 0 bridgehead atoms. The first-order chi connectivity index (χ1) is 10.1. The van der Waals surface area contributed by atoms with Crippen LogP contribution in [0.25, 0.3) is 22.4 Å². The van der Waals surface area contributed by atoms with Crippen LogP contribution in [-0.4, -0.2) is 10.2 Å². The number of allylic oxidation sites excluding steroid dienone is 1. The summed E-state index contributed by atoms with van der Waals surface area (Å²) in [6.45, 7) is 2.06. The second-order valence-electron chi connectivity index (χ2n) is 5.13. The van der Waals surface area contributed by atoms with Crippen LogP contribution < -0.4 is 0 Å². The van der Waals surface area contributed by atoms with Crippen LogP contribution >= 0.6 is 0 Å². The Kier molecular flexibility index (Phi) is 3.36. The molecule has 0 aliphatic heterocycles. The lowest BCUT2D eigenvalue weighted by Crippen LogP contribution is -1.84. The van der Waals surface area contributed by atoms with Crippen molar-refractivity contribution in [2.24, 2.45) is 0 Å². The zero-order valence-corrected chi connectivity index (χ0v) is 11.7. The van der Waals surface area contributed by atoms with Gasteiger partial charge in [0.2, 0.25) is 0 Å². The van der Waals surface area contributed by atoms with Crippen LogP contribution in [0.2, 0.25) is 0 Å². The summed E-state index contributed by atoms with van der Waals surface area (Å²) in [6.07, 6.45) is 2.08. The summed E-state index contributed by atoms with van der Waals surface area (Å²) < 4.78 is 0. The Bertz CT molecular complexity index is 815. The minimum absolute atomic E-state index is 0.269. The number of phenolic OH excluding ortho intramolecular Hbond substituents is 2. The number of phenols is 2. The monoisotopic (exact) mass is 276 g/mol. The number of rotatable bonds is 2. The van der Waals surface area contributed by atoms with Crippen LogP contribution in [0.1, 0.15) is 18.1 Å². The van der Waals surface area contributed by atoms with Crippen molar-refractivity contribution in [1.82, 2.24) is 0 Å². The summed E-state index contributed by atoms with van der Waals surface area (Å²) in [6, 6.07) is 18.6. The van der Waals surface area contributed by atoms with Crippen LogP contribution in [0.3, 0.4) is 0 Å². The Balaban J connectivity index is 2.09. The molecule has 2 nitrogen and oxygen atoms in total. The van der Waals surface area contributed by atoms with E-state index in [-0.39, 0.29) is 11.5 Å². The molecule has 0 aliphatic carbocycles. The van der Waals surface area contributed by atoms with Crippen LogP contribution in [0.4, 0.5) is 0 Å². The van der Waals surface area contributed by atoms with Gasteiger partial charge in [-0.2, -0.15) is 0 Å². The Labute approximate surface area is 123 Å². The van der Waals surface area contributed by atoms with Gasteiger partial charge >= 0.3 is 0 Å². The fraction of sp³-hybridized carbons (Fsp3) is 0.0526. The van der Waals surface area contributed by atoms with E-state index in [1.54, 1.807) is 24.3 Å². The van der Waals surface area contributed by atoms with Crippen molar-refractivity contribution in [1.29, 1.82) is 0 Å². The number of hydrogen-bond donors (Lipinski definition) is 2. The number of fused-ring (bicyclic) bond motifs is 1. The second-order valence-corrected chi connectivity index (χ2v) is 5.13. The fourth-order valence-electron chi connectivity index (χ4n) is 2.51. The van der Waals surface area contributed by atoms with Crippen molar-refractivity contribution in [2.45, 2.75) is 6.92 Å². The molecule has 0 unspecified atom stereocenters. The molecule has 3 aromatic carbocycles. The van der Waals surface area contributed by atoms with E-state index in [2.05, 4.69) is 19.1 Å². The minimum Gasteiger partial charge on any atom is -0.508 e. The maximum Gasteiger partial charge on any atom is 0.116 e. The molecule has 0 amide bonds. The summed E-state index contributed by atoms with van der Waals surface area (Å²) >= 11 is 0. The van der Waals surface area contributed by atoms with Gasteiger partial charge < -0.3 is 10.2 Å². The zero-order valence-electron chi connectivity index (χ0n) is 11.7. The molecular weight excluding hydrogens is 260 g/mol. The number of aromatic hydroxyl groups is 2. The summed E-state index contributed by atoms with van der Waals surface area (Å²) in [5.74, 6) is 0.547. The predicted octanol–water partition coefficient (Wildman–Crippen LogP) is 4.81. The molecule has 0 aromatic heterocycles. The Morgan fingerprint density at radius 3 is 2.33 bits per heavy atom. The molecule has 0 saturated heterocycles. The van der Waals surface area contributed by atoms with Crippen LogP contribution in [0.5, 0.6) is 11.5 Å². The van der Waals surface area contributed by atoms with Gasteiger partial charge in [-0.1, -0.05) is 42.5 Å². The maximum atomic E-state index is 9.58. The summed E-state index contributed by atoms with van der Waals surface area (Å²) in [5, 5.41) is 21.0. The molecule has 2 N–H and O–H groups in total. The lowest BCUT2D eigenvalue weighted by atomic mass is 9.97. The average molecular weight is 276 g/mol. The van der Waals surface area contributed by atoms with Crippen molar-refractivity contribution in [2.75, 3.05) is 0 Å². The van der Waals surface area contributed by atoms with Gasteiger partial charge in [0, 0.05) is 0 Å². The highest BCUT2D eigenvalue weighted by molar-refractivity contribution is 5.97. The third kappa shape index (κ3) is 2.75. The maximum absolute atomic E-state index is 9.58. The van der Waals surface area contributed by atoms with E-state index in [1.165, 1.54) is 0 Å².